The van der Waals surface area contributed by atoms with Gasteiger partial charge in [0, 0.05) is 11.8 Å². The lowest BCUT2D eigenvalue weighted by Gasteiger charge is -1.92. The van der Waals surface area contributed by atoms with E-state index >= 15 is 0 Å². The van der Waals surface area contributed by atoms with Crippen LogP contribution in [0.5, 0.6) is 0 Å². The highest BCUT2D eigenvalue weighted by molar-refractivity contribution is 9.10. The first-order valence-corrected chi connectivity index (χ1v) is 4.27. The second-order valence-corrected chi connectivity index (χ2v) is 3.40. The van der Waals surface area contributed by atoms with E-state index in [9.17, 15) is 4.39 Å². The smallest absolute Gasteiger partial charge is 0.158 e. The lowest BCUT2D eigenvalue weighted by Crippen LogP contribution is -1.82. The van der Waals surface area contributed by atoms with Crippen LogP contribution in [0.3, 0.4) is 0 Å². The van der Waals surface area contributed by atoms with E-state index in [4.69, 9.17) is 0 Å². The molecule has 0 spiro atoms. The molecule has 0 saturated heterocycles. The molecule has 4 heteroatoms. The van der Waals surface area contributed by atoms with E-state index in [2.05, 4.69) is 25.9 Å². The number of pyridine rings is 1. The summed E-state index contributed by atoms with van der Waals surface area (Å²) in [5.41, 5.74) is 2.49. The highest BCUT2D eigenvalue weighted by Gasteiger charge is 2.04. The Morgan fingerprint density at radius 1 is 1.50 bits per heavy atom. The maximum atomic E-state index is 12.9. The summed E-state index contributed by atoms with van der Waals surface area (Å²) in [5.74, 6) is -0.343. The molecule has 2 heterocycles. The van der Waals surface area contributed by atoms with Crippen molar-refractivity contribution >= 4 is 27.0 Å². The number of nitrogens with one attached hydrogen (secondary N) is 1. The molecule has 1 N–H and O–H groups in total. The number of H-pyrrole nitrogens is 1. The van der Waals surface area contributed by atoms with Crippen molar-refractivity contribution in [3.63, 3.8) is 0 Å². The number of halogens is 2. The normalized spacial score (nSPS) is 10.9. The van der Waals surface area contributed by atoms with Crippen LogP contribution in [-0.2, 0) is 0 Å². The van der Waals surface area contributed by atoms with Crippen LogP contribution >= 0.6 is 15.9 Å². The van der Waals surface area contributed by atoms with Crippen molar-refractivity contribution in [3.05, 3.63) is 28.2 Å². The lowest BCUT2D eigenvalue weighted by atomic mass is 10.4. The second kappa shape index (κ2) is 2.55. The predicted molar refractivity (Wildman–Crippen MR) is 48.5 cm³/mol. The molecule has 0 aromatic carbocycles. The Morgan fingerprint density at radius 3 is 3.00 bits per heavy atom. The monoisotopic (exact) mass is 228 g/mol. The van der Waals surface area contributed by atoms with Crippen molar-refractivity contribution < 1.29 is 4.39 Å². The molecule has 0 saturated carbocycles. The number of aryl methyl sites for hydroxylation is 1. The zero-order chi connectivity index (χ0) is 8.72. The minimum absolute atomic E-state index is 0.258. The van der Waals surface area contributed by atoms with Gasteiger partial charge in [0.15, 0.2) is 5.82 Å². The van der Waals surface area contributed by atoms with Gasteiger partial charge in [-0.05, 0) is 28.9 Å². The van der Waals surface area contributed by atoms with Crippen molar-refractivity contribution in [2.45, 2.75) is 6.92 Å². The van der Waals surface area contributed by atoms with E-state index in [0.717, 1.165) is 16.7 Å². The van der Waals surface area contributed by atoms with Gasteiger partial charge < -0.3 is 4.98 Å². The Hall–Kier alpha value is -0.900. The molecule has 12 heavy (non-hydrogen) atoms. The standard InChI is InChI=1S/C8H6BrFN2/c1-4-2-6-7(11-4)3-5(10)8(9)12-6/h2-3,11H,1H3. The van der Waals surface area contributed by atoms with E-state index in [0.29, 0.717) is 0 Å². The van der Waals surface area contributed by atoms with Gasteiger partial charge >= 0.3 is 0 Å². The van der Waals surface area contributed by atoms with Crippen LogP contribution in [0.25, 0.3) is 11.0 Å². The zero-order valence-electron chi connectivity index (χ0n) is 6.36. The van der Waals surface area contributed by atoms with Gasteiger partial charge in [0.25, 0.3) is 0 Å². The second-order valence-electron chi connectivity index (χ2n) is 2.65. The van der Waals surface area contributed by atoms with E-state index in [1.165, 1.54) is 6.07 Å². The van der Waals surface area contributed by atoms with Crippen LogP contribution in [0.2, 0.25) is 0 Å². The number of fused-ring (bicyclic) bond motifs is 1. The van der Waals surface area contributed by atoms with Gasteiger partial charge in [0.05, 0.1) is 11.0 Å². The van der Waals surface area contributed by atoms with E-state index in [1.807, 2.05) is 13.0 Å². The molecule has 2 aromatic heterocycles. The van der Waals surface area contributed by atoms with E-state index < -0.39 is 0 Å². The maximum Gasteiger partial charge on any atom is 0.158 e. The highest BCUT2D eigenvalue weighted by Crippen LogP contribution is 2.19. The van der Waals surface area contributed by atoms with Gasteiger partial charge in [0.1, 0.15) is 4.60 Å². The largest absolute Gasteiger partial charge is 0.357 e. The molecule has 0 bridgehead atoms. The van der Waals surface area contributed by atoms with Gasteiger partial charge in [-0.2, -0.15) is 0 Å². The van der Waals surface area contributed by atoms with Crippen molar-refractivity contribution in [3.8, 4) is 0 Å². The van der Waals surface area contributed by atoms with E-state index in [1.54, 1.807) is 0 Å². The summed E-state index contributed by atoms with van der Waals surface area (Å²) in [5, 5.41) is 0. The molecule has 2 nitrogen and oxygen atoms in total. The number of hydrogen-bond acceptors (Lipinski definition) is 1. The van der Waals surface area contributed by atoms with Crippen molar-refractivity contribution in [1.82, 2.24) is 9.97 Å². The summed E-state index contributed by atoms with van der Waals surface area (Å²) < 4.78 is 13.2. The minimum atomic E-state index is -0.343. The minimum Gasteiger partial charge on any atom is -0.357 e. The maximum absolute atomic E-state index is 12.9. The third-order valence-corrected chi connectivity index (χ3v) is 2.20. The molecule has 62 valence electrons. The van der Waals surface area contributed by atoms with Gasteiger partial charge in [-0.15, -0.1) is 0 Å². The first kappa shape index (κ1) is 7.73. The Bertz CT molecular complexity index is 397. The molecule has 0 aliphatic rings. The Kier molecular flexibility index (Phi) is 1.65. The van der Waals surface area contributed by atoms with Crippen LogP contribution < -0.4 is 0 Å². The lowest BCUT2D eigenvalue weighted by molar-refractivity contribution is 0.616. The molecule has 0 unspecified atom stereocenters. The molecule has 0 fully saturated rings. The van der Waals surface area contributed by atoms with Crippen molar-refractivity contribution in [2.75, 3.05) is 0 Å². The number of nitrogens with zero attached hydrogens (tertiary/aromatic N) is 1. The van der Waals surface area contributed by atoms with Crippen LogP contribution in [-0.4, -0.2) is 9.97 Å². The third-order valence-electron chi connectivity index (χ3n) is 1.65. The fraction of sp³-hybridized carbons (Fsp3) is 0.125. The molecular weight excluding hydrogens is 223 g/mol. The Morgan fingerprint density at radius 2 is 2.25 bits per heavy atom. The van der Waals surface area contributed by atoms with Crippen LogP contribution in [0.15, 0.2) is 16.7 Å². The number of hydrogen-bond donors (Lipinski definition) is 1. The number of rotatable bonds is 0. The summed E-state index contributed by atoms with van der Waals surface area (Å²) >= 11 is 3.03. The fourth-order valence-corrected chi connectivity index (χ4v) is 1.45. The molecule has 0 amide bonds. The van der Waals surface area contributed by atoms with E-state index in [-0.39, 0.29) is 10.4 Å². The molecule has 0 radical (unpaired) electrons. The third kappa shape index (κ3) is 1.12. The molecule has 2 aromatic rings. The number of aromatic nitrogens is 2. The van der Waals surface area contributed by atoms with Gasteiger partial charge in [0.2, 0.25) is 0 Å². The molecule has 0 atom stereocenters. The van der Waals surface area contributed by atoms with Crippen LogP contribution in [0, 0.1) is 12.7 Å². The van der Waals surface area contributed by atoms with Gasteiger partial charge in [-0.3, -0.25) is 0 Å². The molecule has 0 aliphatic heterocycles. The average molecular weight is 229 g/mol. The number of aromatic amines is 1. The van der Waals surface area contributed by atoms with Crippen LogP contribution in [0.4, 0.5) is 4.39 Å². The first-order valence-electron chi connectivity index (χ1n) is 3.48. The Labute approximate surface area is 76.9 Å². The topological polar surface area (TPSA) is 28.7 Å². The van der Waals surface area contributed by atoms with Crippen molar-refractivity contribution in [1.29, 1.82) is 0 Å². The SMILES string of the molecule is Cc1cc2nc(Br)c(F)cc2[nH]1. The predicted octanol–water partition coefficient (Wildman–Crippen LogP) is 2.77. The summed E-state index contributed by atoms with van der Waals surface area (Å²) in [4.78, 5) is 7.01. The molecule has 0 aliphatic carbocycles. The first-order chi connectivity index (χ1) is 5.66. The Balaban J connectivity index is 2.83. The van der Waals surface area contributed by atoms with Gasteiger partial charge in [-0.25, -0.2) is 9.37 Å². The van der Waals surface area contributed by atoms with Crippen LogP contribution in [0.1, 0.15) is 5.69 Å². The highest BCUT2D eigenvalue weighted by atomic mass is 79.9. The summed E-state index contributed by atoms with van der Waals surface area (Å²) in [6, 6.07) is 3.30. The average Bonchev–Trinajstić information content (AvgIpc) is 2.30. The summed E-state index contributed by atoms with van der Waals surface area (Å²) in [7, 11) is 0. The molecular formula is C8H6BrFN2. The molecule has 2 rings (SSSR count). The van der Waals surface area contributed by atoms with Gasteiger partial charge in [-0.1, -0.05) is 0 Å². The quantitative estimate of drug-likeness (QED) is 0.691. The zero-order valence-corrected chi connectivity index (χ0v) is 7.94. The summed E-state index contributed by atoms with van der Waals surface area (Å²) in [6.07, 6.45) is 0. The fourth-order valence-electron chi connectivity index (χ4n) is 1.14. The summed E-state index contributed by atoms with van der Waals surface area (Å²) in [6.45, 7) is 1.91. The van der Waals surface area contributed by atoms with Crippen molar-refractivity contribution in [2.24, 2.45) is 0 Å².